The van der Waals surface area contributed by atoms with E-state index in [1.165, 1.54) is 18.4 Å². The van der Waals surface area contributed by atoms with E-state index in [1.807, 2.05) is 19.1 Å². The predicted molar refractivity (Wildman–Crippen MR) is 122 cm³/mol. The number of rotatable bonds is 10. The lowest BCUT2D eigenvalue weighted by Crippen LogP contribution is -2.40. The first-order valence-electron chi connectivity index (χ1n) is 9.76. The van der Waals surface area contributed by atoms with E-state index >= 15 is 0 Å². The molecule has 2 rings (SSSR count). The Kier molecular flexibility index (Phi) is 12.4. The van der Waals surface area contributed by atoms with Crippen LogP contribution in [0.3, 0.4) is 0 Å². The van der Waals surface area contributed by atoms with Crippen LogP contribution < -0.4 is 15.4 Å². The molecule has 2 N–H and O–H groups in total. The number of aliphatic imine (C=N–C) groups is 1. The molecule has 0 amide bonds. The normalized spacial score (nSPS) is 15.9. The number of nitrogens with zero attached hydrogens (tertiary/aromatic N) is 2. The maximum absolute atomic E-state index is 5.39. The van der Waals surface area contributed by atoms with Crippen molar-refractivity contribution in [1.82, 2.24) is 15.5 Å². The number of benzene rings is 1. The van der Waals surface area contributed by atoms with E-state index in [4.69, 9.17) is 14.5 Å². The number of halogens is 1. The lowest BCUT2D eigenvalue weighted by molar-refractivity contribution is 0.152. The van der Waals surface area contributed by atoms with Crippen LogP contribution in [0.25, 0.3) is 0 Å². The number of nitrogens with one attached hydrogen (secondary N) is 2. The maximum atomic E-state index is 5.39. The van der Waals surface area contributed by atoms with Crippen molar-refractivity contribution in [2.45, 2.75) is 32.7 Å². The number of ether oxygens (including phenoxy) is 2. The van der Waals surface area contributed by atoms with Crippen LogP contribution in [0, 0.1) is 0 Å². The van der Waals surface area contributed by atoms with Gasteiger partial charge in [0.2, 0.25) is 0 Å². The van der Waals surface area contributed by atoms with Gasteiger partial charge in [-0.3, -0.25) is 9.89 Å². The fourth-order valence-electron chi connectivity index (χ4n) is 3.22. The van der Waals surface area contributed by atoms with Crippen molar-refractivity contribution in [2.24, 2.45) is 4.99 Å². The van der Waals surface area contributed by atoms with Gasteiger partial charge in [0.05, 0.1) is 26.3 Å². The average Bonchev–Trinajstić information content (AvgIpc) is 3.20. The highest BCUT2D eigenvalue weighted by atomic mass is 127. The van der Waals surface area contributed by atoms with Crippen LogP contribution in [0.15, 0.2) is 29.3 Å². The zero-order valence-electron chi connectivity index (χ0n) is 16.9. The first kappa shape index (κ1) is 24.0. The van der Waals surface area contributed by atoms with Crippen LogP contribution in [0.2, 0.25) is 0 Å². The Hall–Kier alpha value is -1.06. The standard InChI is InChI=1S/C20H34N4O2.HI/c1-4-21-20(22-12-15-26-5-2)23-16-19(24-13-6-7-14-24)17-8-10-18(25-3)11-9-17;/h8-11,19H,4-7,12-16H2,1-3H3,(H2,21,22,23);1H. The summed E-state index contributed by atoms with van der Waals surface area (Å²) >= 11 is 0. The second kappa shape index (κ2) is 14.0. The molecule has 0 saturated carbocycles. The molecule has 27 heavy (non-hydrogen) atoms. The molecule has 1 unspecified atom stereocenters. The Morgan fingerprint density at radius 2 is 1.85 bits per heavy atom. The molecule has 1 aliphatic heterocycles. The zero-order valence-corrected chi connectivity index (χ0v) is 19.2. The summed E-state index contributed by atoms with van der Waals surface area (Å²) in [7, 11) is 1.70. The van der Waals surface area contributed by atoms with Crippen LogP contribution in [-0.2, 0) is 4.74 Å². The molecule has 154 valence electrons. The number of hydrogen-bond acceptors (Lipinski definition) is 4. The van der Waals surface area contributed by atoms with Gasteiger partial charge >= 0.3 is 0 Å². The lowest BCUT2D eigenvalue weighted by atomic mass is 10.1. The molecule has 1 saturated heterocycles. The summed E-state index contributed by atoms with van der Waals surface area (Å²) in [5.74, 6) is 1.74. The first-order chi connectivity index (χ1) is 12.8. The van der Waals surface area contributed by atoms with Crippen LogP contribution in [-0.4, -0.2) is 63.9 Å². The van der Waals surface area contributed by atoms with Crippen molar-refractivity contribution >= 4 is 29.9 Å². The number of guanidine groups is 1. The van der Waals surface area contributed by atoms with Gasteiger partial charge in [-0.2, -0.15) is 0 Å². The summed E-state index contributed by atoms with van der Waals surface area (Å²) in [6, 6.07) is 8.69. The predicted octanol–water partition coefficient (Wildman–Crippen LogP) is 3.04. The largest absolute Gasteiger partial charge is 0.497 e. The van der Waals surface area contributed by atoms with Gasteiger partial charge in [-0.15, -0.1) is 24.0 Å². The molecule has 1 heterocycles. The van der Waals surface area contributed by atoms with E-state index in [9.17, 15) is 0 Å². The van der Waals surface area contributed by atoms with Crippen molar-refractivity contribution in [3.05, 3.63) is 29.8 Å². The molecule has 1 aromatic carbocycles. The Morgan fingerprint density at radius 1 is 1.15 bits per heavy atom. The Balaban J connectivity index is 0.00000364. The van der Waals surface area contributed by atoms with Gasteiger partial charge < -0.3 is 20.1 Å². The Morgan fingerprint density at radius 3 is 2.44 bits per heavy atom. The maximum Gasteiger partial charge on any atom is 0.191 e. The summed E-state index contributed by atoms with van der Waals surface area (Å²) in [4.78, 5) is 7.38. The molecule has 0 bridgehead atoms. The zero-order chi connectivity index (χ0) is 18.6. The second-order valence-corrected chi connectivity index (χ2v) is 6.38. The smallest absolute Gasteiger partial charge is 0.191 e. The molecule has 0 aromatic heterocycles. The molecular weight excluding hydrogens is 455 g/mol. The van der Waals surface area contributed by atoms with Crippen molar-refractivity contribution in [3.63, 3.8) is 0 Å². The molecule has 1 fully saturated rings. The highest BCUT2D eigenvalue weighted by molar-refractivity contribution is 14.0. The summed E-state index contributed by atoms with van der Waals surface area (Å²) in [6.45, 7) is 10.1. The number of likely N-dealkylation sites (tertiary alicyclic amines) is 1. The van der Waals surface area contributed by atoms with E-state index in [-0.39, 0.29) is 24.0 Å². The molecule has 6 nitrogen and oxygen atoms in total. The van der Waals surface area contributed by atoms with E-state index < -0.39 is 0 Å². The number of methoxy groups -OCH3 is 1. The summed E-state index contributed by atoms with van der Waals surface area (Å²) in [5, 5.41) is 6.67. The molecule has 1 aliphatic rings. The first-order valence-corrected chi connectivity index (χ1v) is 9.76. The van der Waals surface area contributed by atoms with Gasteiger partial charge in [0.15, 0.2) is 5.96 Å². The fraction of sp³-hybridized carbons (Fsp3) is 0.650. The SMILES string of the molecule is CCNC(=NCC(c1ccc(OC)cc1)N1CCCC1)NCCOCC.I. The highest BCUT2D eigenvalue weighted by Crippen LogP contribution is 2.27. The summed E-state index contributed by atoms with van der Waals surface area (Å²) < 4.78 is 10.7. The summed E-state index contributed by atoms with van der Waals surface area (Å²) in [6.07, 6.45) is 2.53. The third-order valence-corrected chi connectivity index (χ3v) is 4.59. The van der Waals surface area contributed by atoms with Gasteiger partial charge in [-0.05, 0) is 57.5 Å². The molecule has 0 aliphatic carbocycles. The Bertz CT molecular complexity index is 533. The Labute approximate surface area is 181 Å². The minimum atomic E-state index is 0. The molecule has 0 radical (unpaired) electrons. The molecule has 1 atom stereocenters. The third kappa shape index (κ3) is 8.23. The van der Waals surface area contributed by atoms with Gasteiger partial charge in [0, 0.05) is 19.7 Å². The van der Waals surface area contributed by atoms with E-state index in [0.29, 0.717) is 12.6 Å². The van der Waals surface area contributed by atoms with Crippen LogP contribution in [0.5, 0.6) is 5.75 Å². The molecule has 1 aromatic rings. The van der Waals surface area contributed by atoms with Gasteiger partial charge in [0.25, 0.3) is 0 Å². The molecular formula is C20H35IN4O2. The topological polar surface area (TPSA) is 58.1 Å². The van der Waals surface area contributed by atoms with E-state index in [2.05, 4.69) is 34.6 Å². The van der Waals surface area contributed by atoms with Crippen LogP contribution in [0.4, 0.5) is 0 Å². The second-order valence-electron chi connectivity index (χ2n) is 6.38. The monoisotopic (exact) mass is 490 g/mol. The molecule has 7 heteroatoms. The van der Waals surface area contributed by atoms with Gasteiger partial charge in [-0.25, -0.2) is 0 Å². The number of hydrogen-bond donors (Lipinski definition) is 2. The van der Waals surface area contributed by atoms with Crippen molar-refractivity contribution in [1.29, 1.82) is 0 Å². The fourth-order valence-corrected chi connectivity index (χ4v) is 3.22. The minimum absolute atomic E-state index is 0. The van der Waals surface area contributed by atoms with Gasteiger partial charge in [0.1, 0.15) is 5.75 Å². The van der Waals surface area contributed by atoms with Gasteiger partial charge in [-0.1, -0.05) is 12.1 Å². The van der Waals surface area contributed by atoms with E-state index in [1.54, 1.807) is 7.11 Å². The van der Waals surface area contributed by atoms with Crippen molar-refractivity contribution < 1.29 is 9.47 Å². The minimum Gasteiger partial charge on any atom is -0.497 e. The van der Waals surface area contributed by atoms with Crippen LogP contribution in [0.1, 0.15) is 38.3 Å². The van der Waals surface area contributed by atoms with Crippen molar-refractivity contribution in [2.75, 3.05) is 53.0 Å². The quantitative estimate of drug-likeness (QED) is 0.229. The average molecular weight is 490 g/mol. The highest BCUT2D eigenvalue weighted by Gasteiger charge is 2.23. The molecule has 0 spiro atoms. The summed E-state index contributed by atoms with van der Waals surface area (Å²) in [5.41, 5.74) is 1.29. The van der Waals surface area contributed by atoms with Crippen molar-refractivity contribution in [3.8, 4) is 5.75 Å². The lowest BCUT2D eigenvalue weighted by Gasteiger charge is -2.27. The third-order valence-electron chi connectivity index (χ3n) is 4.59. The van der Waals surface area contributed by atoms with Crippen LogP contribution >= 0.6 is 24.0 Å². The van der Waals surface area contributed by atoms with E-state index in [0.717, 1.165) is 51.0 Å².